The number of methoxy groups -OCH3 is 1. The quantitative estimate of drug-likeness (QED) is 0.132. The molecule has 66 heavy (non-hydrogen) atoms. The molecule has 2 N–H and O–H groups in total. The van der Waals surface area contributed by atoms with Crippen LogP contribution in [0.15, 0.2) is 73.4 Å². The van der Waals surface area contributed by atoms with Crippen LogP contribution in [0.2, 0.25) is 0 Å². The Morgan fingerprint density at radius 1 is 1.06 bits per heavy atom. The molecule has 3 aliphatic rings. The van der Waals surface area contributed by atoms with Crippen molar-refractivity contribution in [1.82, 2.24) is 35.1 Å². The normalized spacial score (nSPS) is 22.1. The zero-order chi connectivity index (χ0) is 47.7. The second-order valence-electron chi connectivity index (χ2n) is 19.7. The van der Waals surface area contributed by atoms with Gasteiger partial charge in [0.25, 0.3) is 5.91 Å². The van der Waals surface area contributed by atoms with Crippen molar-refractivity contribution in [1.29, 1.82) is 0 Å². The summed E-state index contributed by atoms with van der Waals surface area (Å²) < 4.78 is 14.3. The van der Waals surface area contributed by atoms with Crippen LogP contribution in [0, 0.1) is 16.7 Å². The zero-order valence-electron chi connectivity index (χ0n) is 40.1. The Morgan fingerprint density at radius 2 is 1.82 bits per heavy atom. The minimum absolute atomic E-state index is 0.134. The van der Waals surface area contributed by atoms with Gasteiger partial charge in [0, 0.05) is 74.8 Å². The molecule has 2 aromatic carbocycles. The largest absolute Gasteiger partial charge is 0.464 e. The standard InChI is InChI=1S/C52H67N7O7/c1-11-43(60)57-25-22-52(8,30-57)50(64)56(9)45(32(3)4)47(61)54-41-27-34-16-13-17-35(26-34)36-20-21-42-38(28-36)39(46(58(42)12-2)37-18-14-23-53-44(37)33(5)65-10)29-51(6,7)31-66-49(63)40-19-15-24-59(55-40)48(41)62/h11,13-14,16-18,20-21,23,26,28,32-33,40-41,45,55H,1,12,15,19,22,24-25,27,29-31H2,2-10H3,(H,54,61)/t33-,40-,41-,45-,52-/m0/s1. The van der Waals surface area contributed by atoms with Gasteiger partial charge in [-0.1, -0.05) is 64.6 Å². The molecule has 352 valence electrons. The molecule has 7 rings (SSSR count). The van der Waals surface area contributed by atoms with Crippen molar-refractivity contribution in [2.45, 2.75) is 111 Å². The van der Waals surface area contributed by atoms with Gasteiger partial charge in [-0.3, -0.25) is 34.0 Å². The van der Waals surface area contributed by atoms with Crippen molar-refractivity contribution < 1.29 is 33.4 Å². The highest BCUT2D eigenvalue weighted by molar-refractivity contribution is 5.96. The van der Waals surface area contributed by atoms with E-state index in [1.807, 2.05) is 45.9 Å². The van der Waals surface area contributed by atoms with Crippen molar-refractivity contribution in [2.75, 3.05) is 40.4 Å². The van der Waals surface area contributed by atoms with Crippen LogP contribution in [0.4, 0.5) is 0 Å². The third kappa shape index (κ3) is 9.67. The number of benzene rings is 2. The average Bonchev–Trinajstić information content (AvgIpc) is 3.86. The van der Waals surface area contributed by atoms with Crippen LogP contribution in [0.1, 0.15) is 90.7 Å². The Bertz CT molecular complexity index is 2510. The predicted octanol–water partition coefficient (Wildman–Crippen LogP) is 6.65. The summed E-state index contributed by atoms with van der Waals surface area (Å²) in [6, 6.07) is 15.8. The molecule has 4 aromatic rings. The lowest BCUT2D eigenvalue weighted by Crippen LogP contribution is -2.62. The number of cyclic esters (lactones) is 1. The van der Waals surface area contributed by atoms with Crippen LogP contribution >= 0.6 is 0 Å². The van der Waals surface area contributed by atoms with E-state index in [-0.39, 0.29) is 43.4 Å². The van der Waals surface area contributed by atoms with E-state index in [4.69, 9.17) is 14.5 Å². The number of hydrazine groups is 1. The molecule has 2 saturated heterocycles. The molecule has 0 aliphatic carbocycles. The second kappa shape index (κ2) is 19.5. The van der Waals surface area contributed by atoms with Gasteiger partial charge in [-0.05, 0) is 105 Å². The van der Waals surface area contributed by atoms with Crippen LogP contribution in [0.5, 0.6) is 0 Å². The van der Waals surface area contributed by atoms with Crippen molar-refractivity contribution in [3.8, 4) is 22.4 Å². The van der Waals surface area contributed by atoms with Gasteiger partial charge in [0.05, 0.1) is 29.5 Å². The van der Waals surface area contributed by atoms with E-state index in [0.717, 1.165) is 50.1 Å². The van der Waals surface area contributed by atoms with Gasteiger partial charge >= 0.3 is 5.97 Å². The Labute approximate surface area is 389 Å². The van der Waals surface area contributed by atoms with Crippen LogP contribution in [-0.4, -0.2) is 112 Å². The maximum Gasteiger partial charge on any atom is 0.324 e. The van der Waals surface area contributed by atoms with Gasteiger partial charge in [0.15, 0.2) is 0 Å². The molecule has 0 saturated carbocycles. The minimum atomic E-state index is -1.06. The zero-order valence-corrected chi connectivity index (χ0v) is 40.1. The first kappa shape index (κ1) is 48.1. The predicted molar refractivity (Wildman–Crippen MR) is 255 cm³/mol. The molecule has 6 bridgehead atoms. The summed E-state index contributed by atoms with van der Waals surface area (Å²) in [4.78, 5) is 77.8. The summed E-state index contributed by atoms with van der Waals surface area (Å²) in [6.07, 6.45) is 4.98. The Balaban J connectivity index is 1.29. The average molecular weight is 902 g/mol. The number of amides is 4. The van der Waals surface area contributed by atoms with E-state index in [1.165, 1.54) is 16.0 Å². The monoisotopic (exact) mass is 902 g/mol. The number of aryl methyl sites for hydroxylation is 1. The van der Waals surface area contributed by atoms with Crippen LogP contribution in [0.25, 0.3) is 33.3 Å². The van der Waals surface area contributed by atoms with Crippen molar-refractivity contribution in [3.05, 3.63) is 90.3 Å². The first-order chi connectivity index (χ1) is 31.4. The number of likely N-dealkylation sites (N-methyl/N-ethyl adjacent to an activating group) is 1. The summed E-state index contributed by atoms with van der Waals surface area (Å²) in [5, 5.41) is 5.59. The molecule has 0 radical (unpaired) electrons. The SMILES string of the molecule is C=CC(=O)N1CC[C@](C)(C(=O)N(C)[C@H](C(=O)N[C@H]2Cc3cccc(c3)-c3ccc4c(c3)c(c(-c3cccnc3[C@H](C)OC)n4CC)CC(C)(C)COC(=O)[C@@H]3CCCN(N3)C2=O)C(C)C)C1. The van der Waals surface area contributed by atoms with Gasteiger partial charge in [0.2, 0.25) is 17.7 Å². The minimum Gasteiger partial charge on any atom is -0.464 e. The number of ether oxygens (including phenoxy) is 2. The highest BCUT2D eigenvalue weighted by Crippen LogP contribution is 2.42. The molecule has 0 unspecified atom stereocenters. The van der Waals surface area contributed by atoms with Gasteiger partial charge in [-0.25, -0.2) is 5.43 Å². The topological polar surface area (TPSA) is 155 Å². The van der Waals surface area contributed by atoms with Crippen LogP contribution < -0.4 is 10.7 Å². The molecular formula is C52H67N7O7. The number of nitrogens with one attached hydrogen (secondary N) is 2. The summed E-state index contributed by atoms with van der Waals surface area (Å²) in [6.45, 7) is 19.3. The summed E-state index contributed by atoms with van der Waals surface area (Å²) in [7, 11) is 3.30. The summed E-state index contributed by atoms with van der Waals surface area (Å²) >= 11 is 0. The fourth-order valence-electron chi connectivity index (χ4n) is 10.2. The fourth-order valence-corrected chi connectivity index (χ4v) is 10.2. The number of aromatic nitrogens is 2. The lowest BCUT2D eigenvalue weighted by Gasteiger charge is -2.38. The van der Waals surface area contributed by atoms with Crippen LogP contribution in [-0.2, 0) is 52.8 Å². The number of pyridine rings is 1. The van der Waals surface area contributed by atoms with E-state index in [0.29, 0.717) is 45.3 Å². The molecule has 5 atom stereocenters. The highest BCUT2D eigenvalue weighted by atomic mass is 16.5. The Morgan fingerprint density at radius 3 is 2.53 bits per heavy atom. The number of hydrogen-bond acceptors (Lipinski definition) is 9. The number of carbonyl (C=O) groups excluding carboxylic acids is 5. The maximum absolute atomic E-state index is 14.7. The molecule has 4 amide bonds. The Hall–Kier alpha value is -5.86. The molecule has 2 fully saturated rings. The van der Waals surface area contributed by atoms with E-state index in [2.05, 4.69) is 79.1 Å². The number of hydrogen-bond donors (Lipinski definition) is 2. The third-order valence-electron chi connectivity index (χ3n) is 13.7. The van der Waals surface area contributed by atoms with Gasteiger partial charge in [-0.15, -0.1) is 0 Å². The number of esters is 1. The molecule has 5 heterocycles. The lowest BCUT2D eigenvalue weighted by atomic mass is 9.84. The number of nitrogens with zero attached hydrogens (tertiary/aromatic N) is 5. The smallest absolute Gasteiger partial charge is 0.324 e. The van der Waals surface area contributed by atoms with E-state index < -0.39 is 46.7 Å². The van der Waals surface area contributed by atoms with Crippen molar-refractivity contribution >= 4 is 40.5 Å². The first-order valence-corrected chi connectivity index (χ1v) is 23.4. The van der Waals surface area contributed by atoms with Gasteiger partial charge < -0.3 is 29.2 Å². The molecule has 14 heteroatoms. The molecule has 14 nitrogen and oxygen atoms in total. The highest BCUT2D eigenvalue weighted by Gasteiger charge is 2.46. The number of carbonyl (C=O) groups is 5. The van der Waals surface area contributed by atoms with E-state index in [1.54, 1.807) is 25.3 Å². The number of rotatable bonds is 10. The number of likely N-dealkylation sites (tertiary alicyclic amines) is 1. The van der Waals surface area contributed by atoms with Gasteiger partial charge in [-0.2, -0.15) is 0 Å². The molecular weight excluding hydrogens is 835 g/mol. The first-order valence-electron chi connectivity index (χ1n) is 23.4. The van der Waals surface area contributed by atoms with Crippen molar-refractivity contribution in [2.24, 2.45) is 16.7 Å². The van der Waals surface area contributed by atoms with E-state index in [9.17, 15) is 24.0 Å². The maximum atomic E-state index is 14.7. The molecule has 2 aromatic heterocycles. The molecule has 3 aliphatic heterocycles. The van der Waals surface area contributed by atoms with Crippen molar-refractivity contribution in [3.63, 3.8) is 0 Å². The lowest BCUT2D eigenvalue weighted by molar-refractivity contribution is -0.155. The Kier molecular flexibility index (Phi) is 14.2. The van der Waals surface area contributed by atoms with Gasteiger partial charge in [0.1, 0.15) is 18.1 Å². The second-order valence-corrected chi connectivity index (χ2v) is 19.7. The molecule has 0 spiro atoms. The number of fused-ring (bicyclic) bond motifs is 6. The van der Waals surface area contributed by atoms with Crippen LogP contribution in [0.3, 0.4) is 0 Å². The van der Waals surface area contributed by atoms with E-state index >= 15 is 0 Å². The fraction of sp³-hybridized carbons (Fsp3) is 0.500. The summed E-state index contributed by atoms with van der Waals surface area (Å²) in [5.74, 6) is -2.14. The summed E-state index contributed by atoms with van der Waals surface area (Å²) in [5.41, 5.74) is 9.56. The third-order valence-corrected chi connectivity index (χ3v) is 13.7.